The lowest BCUT2D eigenvalue weighted by Crippen LogP contribution is -2.04. The fourth-order valence-electron chi connectivity index (χ4n) is 2.35. The maximum Gasteiger partial charge on any atom is 0.193 e. The van der Waals surface area contributed by atoms with Crippen LogP contribution in [0.5, 0.6) is 0 Å². The number of carbonyl (C=O) groups excluding carboxylic acids is 1. The molecule has 0 amide bonds. The van der Waals surface area contributed by atoms with Crippen molar-refractivity contribution in [2.45, 2.75) is 13.8 Å². The van der Waals surface area contributed by atoms with Crippen molar-refractivity contribution in [1.29, 1.82) is 0 Å². The minimum Gasteiger partial charge on any atom is -0.289 e. The first-order chi connectivity index (χ1) is 9.65. The molecule has 0 aliphatic rings. The minimum absolute atomic E-state index is 0.0666. The lowest BCUT2D eigenvalue weighted by atomic mass is 9.96. The highest BCUT2D eigenvalue weighted by Gasteiger charge is 2.12. The highest BCUT2D eigenvalue weighted by atomic mass is 16.1. The number of rotatable bonds is 2. The summed E-state index contributed by atoms with van der Waals surface area (Å²) in [5.41, 5.74) is 4.49. The number of fused-ring (bicyclic) bond motifs is 1. The quantitative estimate of drug-likeness (QED) is 0.650. The Morgan fingerprint density at radius 2 is 1.85 bits per heavy atom. The third-order valence-corrected chi connectivity index (χ3v) is 3.50. The van der Waals surface area contributed by atoms with E-state index in [0.717, 1.165) is 27.6 Å². The van der Waals surface area contributed by atoms with E-state index in [4.69, 9.17) is 0 Å². The van der Waals surface area contributed by atoms with E-state index in [1.165, 1.54) is 0 Å². The molecule has 1 heterocycles. The van der Waals surface area contributed by atoms with Crippen LogP contribution >= 0.6 is 0 Å². The Hall–Kier alpha value is -2.48. The molecule has 0 unspecified atom stereocenters. The Labute approximate surface area is 118 Å². The summed E-state index contributed by atoms with van der Waals surface area (Å²) >= 11 is 0. The molecule has 0 fully saturated rings. The van der Waals surface area contributed by atoms with Crippen molar-refractivity contribution in [3.8, 4) is 0 Å². The molecule has 3 aromatic rings. The third kappa shape index (κ3) is 2.21. The molecule has 2 nitrogen and oxygen atoms in total. The molecule has 3 rings (SSSR count). The predicted octanol–water partition coefficient (Wildman–Crippen LogP) is 4.08. The van der Waals surface area contributed by atoms with Crippen molar-refractivity contribution in [3.05, 3.63) is 77.0 Å². The summed E-state index contributed by atoms with van der Waals surface area (Å²) in [4.78, 5) is 16.9. The normalized spacial score (nSPS) is 10.7. The zero-order chi connectivity index (χ0) is 14.1. The monoisotopic (exact) mass is 261 g/mol. The average molecular weight is 261 g/mol. The van der Waals surface area contributed by atoms with Crippen molar-refractivity contribution in [2.24, 2.45) is 0 Å². The lowest BCUT2D eigenvalue weighted by Gasteiger charge is -2.07. The molecule has 0 saturated carbocycles. The van der Waals surface area contributed by atoms with E-state index in [9.17, 15) is 4.79 Å². The van der Waals surface area contributed by atoms with Crippen LogP contribution in [0.3, 0.4) is 0 Å². The molecule has 2 aromatic carbocycles. The van der Waals surface area contributed by atoms with Crippen LogP contribution in [-0.4, -0.2) is 10.8 Å². The van der Waals surface area contributed by atoms with Gasteiger partial charge in [0.1, 0.15) is 0 Å². The maximum atomic E-state index is 12.6. The number of aryl methyl sites for hydroxylation is 2. The van der Waals surface area contributed by atoms with Crippen LogP contribution in [0.15, 0.2) is 54.7 Å². The molecular weight excluding hydrogens is 246 g/mol. The first-order valence-corrected chi connectivity index (χ1v) is 6.62. The summed E-state index contributed by atoms with van der Waals surface area (Å²) in [6.45, 7) is 3.97. The SMILES string of the molecule is Cc1ccc(C)c(C(=O)c2ccc3ncccc3c2)c1. The highest BCUT2D eigenvalue weighted by molar-refractivity contribution is 6.11. The van der Waals surface area contributed by atoms with Crippen LogP contribution in [0, 0.1) is 13.8 Å². The van der Waals surface area contributed by atoms with E-state index < -0.39 is 0 Å². The standard InChI is InChI=1S/C18H15NO/c1-12-5-6-13(2)16(10-12)18(20)15-7-8-17-14(11-15)4-3-9-19-17/h3-11H,1-2H3. The van der Waals surface area contributed by atoms with Gasteiger partial charge in [-0.3, -0.25) is 9.78 Å². The van der Waals surface area contributed by atoms with Crippen molar-refractivity contribution in [1.82, 2.24) is 4.98 Å². The number of pyridine rings is 1. The van der Waals surface area contributed by atoms with Gasteiger partial charge in [0, 0.05) is 22.7 Å². The zero-order valence-electron chi connectivity index (χ0n) is 11.6. The van der Waals surface area contributed by atoms with Gasteiger partial charge in [-0.2, -0.15) is 0 Å². The van der Waals surface area contributed by atoms with E-state index in [2.05, 4.69) is 4.98 Å². The van der Waals surface area contributed by atoms with E-state index in [0.29, 0.717) is 5.56 Å². The second kappa shape index (κ2) is 4.89. The van der Waals surface area contributed by atoms with Gasteiger partial charge < -0.3 is 0 Å². The summed E-state index contributed by atoms with van der Waals surface area (Å²) in [6, 6.07) is 15.5. The number of nitrogens with zero attached hydrogens (tertiary/aromatic N) is 1. The van der Waals surface area contributed by atoms with Gasteiger partial charge in [-0.25, -0.2) is 0 Å². The molecule has 98 valence electrons. The van der Waals surface area contributed by atoms with Crippen LogP contribution in [-0.2, 0) is 0 Å². The molecule has 0 bridgehead atoms. The Kier molecular flexibility index (Phi) is 3.07. The first-order valence-electron chi connectivity index (χ1n) is 6.62. The van der Waals surface area contributed by atoms with Crippen LogP contribution < -0.4 is 0 Å². The lowest BCUT2D eigenvalue weighted by molar-refractivity contribution is 0.103. The molecule has 0 saturated heterocycles. The summed E-state index contributed by atoms with van der Waals surface area (Å²) in [5, 5.41) is 0.989. The largest absolute Gasteiger partial charge is 0.289 e. The van der Waals surface area contributed by atoms with Crippen molar-refractivity contribution in [3.63, 3.8) is 0 Å². The smallest absolute Gasteiger partial charge is 0.193 e. The van der Waals surface area contributed by atoms with E-state index in [1.807, 2.05) is 62.4 Å². The van der Waals surface area contributed by atoms with Gasteiger partial charge in [-0.15, -0.1) is 0 Å². The number of aromatic nitrogens is 1. The molecule has 0 radical (unpaired) electrons. The number of carbonyl (C=O) groups is 1. The van der Waals surface area contributed by atoms with Gasteiger partial charge in [0.25, 0.3) is 0 Å². The van der Waals surface area contributed by atoms with Crippen LogP contribution in [0.1, 0.15) is 27.0 Å². The predicted molar refractivity (Wildman–Crippen MR) is 81.1 cm³/mol. The van der Waals surface area contributed by atoms with Crippen LogP contribution in [0.4, 0.5) is 0 Å². The molecule has 0 aliphatic heterocycles. The fourth-order valence-corrected chi connectivity index (χ4v) is 2.35. The fraction of sp³-hybridized carbons (Fsp3) is 0.111. The van der Waals surface area contributed by atoms with Crippen molar-refractivity contribution < 1.29 is 4.79 Å². The van der Waals surface area contributed by atoms with Crippen molar-refractivity contribution in [2.75, 3.05) is 0 Å². The van der Waals surface area contributed by atoms with Crippen molar-refractivity contribution >= 4 is 16.7 Å². The summed E-state index contributed by atoms with van der Waals surface area (Å²) in [6.07, 6.45) is 1.76. The molecule has 1 aromatic heterocycles. The molecule has 0 atom stereocenters. The molecule has 2 heteroatoms. The van der Waals surface area contributed by atoms with E-state index in [1.54, 1.807) is 6.20 Å². The zero-order valence-corrected chi connectivity index (χ0v) is 11.6. The average Bonchev–Trinajstić information content (AvgIpc) is 2.48. The number of hydrogen-bond acceptors (Lipinski definition) is 2. The van der Waals surface area contributed by atoms with Gasteiger partial charge >= 0.3 is 0 Å². The Morgan fingerprint density at radius 3 is 2.70 bits per heavy atom. The van der Waals surface area contributed by atoms with Crippen LogP contribution in [0.2, 0.25) is 0 Å². The molecular formula is C18H15NO. The highest BCUT2D eigenvalue weighted by Crippen LogP contribution is 2.19. The van der Waals surface area contributed by atoms with Gasteiger partial charge in [0.2, 0.25) is 0 Å². The number of ketones is 1. The van der Waals surface area contributed by atoms with Gasteiger partial charge in [-0.05, 0) is 49.7 Å². The second-order valence-electron chi connectivity index (χ2n) is 5.06. The Morgan fingerprint density at radius 1 is 1.00 bits per heavy atom. The Bertz CT molecular complexity index is 805. The maximum absolute atomic E-state index is 12.6. The molecule has 0 N–H and O–H groups in total. The Balaban J connectivity index is 2.10. The van der Waals surface area contributed by atoms with Gasteiger partial charge in [0.15, 0.2) is 5.78 Å². The first kappa shape index (κ1) is 12.5. The molecule has 20 heavy (non-hydrogen) atoms. The second-order valence-corrected chi connectivity index (χ2v) is 5.06. The van der Waals surface area contributed by atoms with Gasteiger partial charge in [0.05, 0.1) is 5.52 Å². The van der Waals surface area contributed by atoms with Gasteiger partial charge in [-0.1, -0.05) is 23.8 Å². The van der Waals surface area contributed by atoms with Crippen LogP contribution in [0.25, 0.3) is 10.9 Å². The summed E-state index contributed by atoms with van der Waals surface area (Å²) in [5.74, 6) is 0.0666. The summed E-state index contributed by atoms with van der Waals surface area (Å²) in [7, 11) is 0. The minimum atomic E-state index is 0.0666. The molecule has 0 spiro atoms. The van der Waals surface area contributed by atoms with E-state index >= 15 is 0 Å². The van der Waals surface area contributed by atoms with E-state index in [-0.39, 0.29) is 5.78 Å². The summed E-state index contributed by atoms with van der Waals surface area (Å²) < 4.78 is 0. The number of benzene rings is 2. The topological polar surface area (TPSA) is 30.0 Å². The third-order valence-electron chi connectivity index (χ3n) is 3.50. The molecule has 0 aliphatic carbocycles. The number of hydrogen-bond donors (Lipinski definition) is 0.